The molecule has 1 heterocycles. The molecule has 0 spiro atoms. The summed E-state index contributed by atoms with van der Waals surface area (Å²) < 4.78 is 5.08. The van der Waals surface area contributed by atoms with E-state index in [0.717, 1.165) is 24.4 Å². The zero-order valence-electron chi connectivity index (χ0n) is 13.2. The highest BCUT2D eigenvalue weighted by Gasteiger charge is 2.20. The molecule has 0 aliphatic carbocycles. The van der Waals surface area contributed by atoms with Crippen molar-refractivity contribution in [3.05, 3.63) is 29.8 Å². The Bertz CT molecular complexity index is 508. The lowest BCUT2D eigenvalue weighted by atomic mass is 10.2. The van der Waals surface area contributed by atoms with Crippen LogP contribution >= 0.6 is 0 Å². The molecule has 1 aliphatic rings. The van der Waals surface area contributed by atoms with Gasteiger partial charge in [0.1, 0.15) is 12.2 Å². The van der Waals surface area contributed by atoms with Gasteiger partial charge in [-0.05, 0) is 24.7 Å². The number of hydrogen-bond acceptors (Lipinski definition) is 4. The predicted octanol–water partition coefficient (Wildman–Crippen LogP) is 0.476. The van der Waals surface area contributed by atoms with Crippen molar-refractivity contribution in [2.45, 2.75) is 13.0 Å². The van der Waals surface area contributed by atoms with Gasteiger partial charge in [0.25, 0.3) is 0 Å². The van der Waals surface area contributed by atoms with E-state index in [1.165, 1.54) is 0 Å². The van der Waals surface area contributed by atoms with Gasteiger partial charge in [-0.3, -0.25) is 9.59 Å². The van der Waals surface area contributed by atoms with Gasteiger partial charge >= 0.3 is 0 Å². The number of hydrogen-bond donors (Lipinski definition) is 1. The molecule has 1 N–H and O–H groups in total. The monoisotopic (exact) mass is 305 g/mol. The number of nitrogens with zero attached hydrogens (tertiary/aromatic N) is 2. The minimum Gasteiger partial charge on any atom is -0.497 e. The molecule has 1 aliphatic heterocycles. The number of methoxy groups -OCH3 is 1. The molecule has 1 aromatic carbocycles. The van der Waals surface area contributed by atoms with Gasteiger partial charge in [0, 0.05) is 32.7 Å². The van der Waals surface area contributed by atoms with Gasteiger partial charge in [-0.1, -0.05) is 12.1 Å². The molecule has 2 rings (SSSR count). The van der Waals surface area contributed by atoms with Crippen LogP contribution in [0.4, 0.5) is 0 Å². The number of nitrogens with one attached hydrogen (secondary N) is 1. The Kier molecular flexibility index (Phi) is 5.77. The molecule has 22 heavy (non-hydrogen) atoms. The first kappa shape index (κ1) is 16.3. The van der Waals surface area contributed by atoms with Crippen LogP contribution in [-0.4, -0.2) is 62.0 Å². The number of carbonyl (C=O) groups excluding carboxylic acids is 2. The summed E-state index contributed by atoms with van der Waals surface area (Å²) in [6.45, 7) is 3.53. The summed E-state index contributed by atoms with van der Waals surface area (Å²) in [5, 5.41) is 2.78. The van der Waals surface area contributed by atoms with E-state index in [0.29, 0.717) is 19.6 Å². The zero-order chi connectivity index (χ0) is 15.9. The maximum absolute atomic E-state index is 12.0. The highest BCUT2D eigenvalue weighted by molar-refractivity contribution is 5.96. The first-order valence-electron chi connectivity index (χ1n) is 7.44. The Morgan fingerprint density at radius 1 is 1.14 bits per heavy atom. The van der Waals surface area contributed by atoms with Crippen LogP contribution < -0.4 is 10.1 Å². The molecule has 1 fully saturated rings. The van der Waals surface area contributed by atoms with Gasteiger partial charge < -0.3 is 19.9 Å². The fourth-order valence-electron chi connectivity index (χ4n) is 2.31. The fourth-order valence-corrected chi connectivity index (χ4v) is 2.31. The van der Waals surface area contributed by atoms with Gasteiger partial charge in [0.15, 0.2) is 0 Å². The SMILES string of the molecule is COc1ccc(CNC(=O)CC(=O)N2CCN(C)CC2)cc1. The summed E-state index contributed by atoms with van der Waals surface area (Å²) >= 11 is 0. The van der Waals surface area contributed by atoms with Crippen molar-refractivity contribution in [3.63, 3.8) is 0 Å². The van der Waals surface area contributed by atoms with Crippen molar-refractivity contribution in [3.8, 4) is 5.75 Å². The molecule has 0 bridgehead atoms. The van der Waals surface area contributed by atoms with Crippen molar-refractivity contribution >= 4 is 11.8 Å². The second kappa shape index (κ2) is 7.79. The fraction of sp³-hybridized carbons (Fsp3) is 0.500. The van der Waals surface area contributed by atoms with E-state index in [4.69, 9.17) is 4.74 Å². The summed E-state index contributed by atoms with van der Waals surface area (Å²) in [5.74, 6) is 0.445. The van der Waals surface area contributed by atoms with Crippen LogP contribution in [0.2, 0.25) is 0 Å². The molecular formula is C16H23N3O3. The number of amides is 2. The maximum Gasteiger partial charge on any atom is 0.232 e. The highest BCUT2D eigenvalue weighted by atomic mass is 16.5. The Morgan fingerprint density at radius 2 is 1.77 bits per heavy atom. The maximum atomic E-state index is 12.0. The van der Waals surface area contributed by atoms with E-state index in [-0.39, 0.29) is 18.2 Å². The number of carbonyl (C=O) groups is 2. The van der Waals surface area contributed by atoms with Crippen LogP contribution in [0.1, 0.15) is 12.0 Å². The van der Waals surface area contributed by atoms with E-state index < -0.39 is 0 Å². The average Bonchev–Trinajstić information content (AvgIpc) is 2.54. The molecule has 0 atom stereocenters. The molecule has 1 saturated heterocycles. The van der Waals surface area contributed by atoms with Gasteiger partial charge in [-0.25, -0.2) is 0 Å². The lowest BCUT2D eigenvalue weighted by Gasteiger charge is -2.32. The third-order valence-corrected chi connectivity index (χ3v) is 3.82. The van der Waals surface area contributed by atoms with Crippen LogP contribution in [0, 0.1) is 0 Å². The van der Waals surface area contributed by atoms with Gasteiger partial charge in [-0.15, -0.1) is 0 Å². The van der Waals surface area contributed by atoms with Crippen LogP contribution in [0.3, 0.4) is 0 Å². The summed E-state index contributed by atoms with van der Waals surface area (Å²) in [6.07, 6.45) is -0.0835. The number of rotatable bonds is 5. The largest absolute Gasteiger partial charge is 0.497 e. The Morgan fingerprint density at radius 3 is 2.36 bits per heavy atom. The standard InChI is InChI=1S/C16H23N3O3/c1-18-7-9-19(10-8-18)16(21)11-15(20)17-12-13-3-5-14(22-2)6-4-13/h3-6H,7-12H2,1-2H3,(H,17,20). The van der Waals surface area contributed by atoms with E-state index >= 15 is 0 Å². The molecule has 6 heteroatoms. The minimum absolute atomic E-state index is 0.0835. The van der Waals surface area contributed by atoms with Crippen molar-refractivity contribution in [1.29, 1.82) is 0 Å². The zero-order valence-corrected chi connectivity index (χ0v) is 13.2. The van der Waals surface area contributed by atoms with Crippen molar-refractivity contribution in [2.24, 2.45) is 0 Å². The van der Waals surface area contributed by atoms with Crippen LogP contribution in [0.5, 0.6) is 5.75 Å². The minimum atomic E-state index is -0.236. The quantitative estimate of drug-likeness (QED) is 0.804. The van der Waals surface area contributed by atoms with E-state index in [9.17, 15) is 9.59 Å². The second-order valence-electron chi connectivity index (χ2n) is 5.49. The lowest BCUT2D eigenvalue weighted by Crippen LogP contribution is -2.48. The highest BCUT2D eigenvalue weighted by Crippen LogP contribution is 2.11. The molecule has 6 nitrogen and oxygen atoms in total. The summed E-state index contributed by atoms with van der Waals surface area (Å²) in [7, 11) is 3.64. The Balaban J connectivity index is 1.73. The topological polar surface area (TPSA) is 61.9 Å². The van der Waals surface area contributed by atoms with Gasteiger partial charge in [-0.2, -0.15) is 0 Å². The summed E-state index contributed by atoms with van der Waals surface area (Å²) in [4.78, 5) is 27.8. The van der Waals surface area contributed by atoms with E-state index in [1.54, 1.807) is 12.0 Å². The predicted molar refractivity (Wildman–Crippen MR) is 83.5 cm³/mol. The number of ether oxygens (including phenoxy) is 1. The van der Waals surface area contributed by atoms with Crippen molar-refractivity contribution in [1.82, 2.24) is 15.1 Å². The summed E-state index contributed by atoms with van der Waals surface area (Å²) in [5.41, 5.74) is 0.973. The van der Waals surface area contributed by atoms with E-state index in [1.807, 2.05) is 31.3 Å². The van der Waals surface area contributed by atoms with Crippen molar-refractivity contribution < 1.29 is 14.3 Å². The molecule has 0 unspecified atom stereocenters. The first-order chi connectivity index (χ1) is 10.6. The smallest absolute Gasteiger partial charge is 0.232 e. The van der Waals surface area contributed by atoms with Crippen LogP contribution in [-0.2, 0) is 16.1 Å². The third-order valence-electron chi connectivity index (χ3n) is 3.82. The Hall–Kier alpha value is -2.08. The van der Waals surface area contributed by atoms with Crippen molar-refractivity contribution in [2.75, 3.05) is 40.3 Å². The molecule has 2 amide bonds. The first-order valence-corrected chi connectivity index (χ1v) is 7.44. The number of likely N-dealkylation sites (N-methyl/N-ethyl adjacent to an activating group) is 1. The van der Waals surface area contributed by atoms with E-state index in [2.05, 4.69) is 10.2 Å². The van der Waals surface area contributed by atoms with Gasteiger partial charge in [0.2, 0.25) is 11.8 Å². The second-order valence-corrected chi connectivity index (χ2v) is 5.49. The van der Waals surface area contributed by atoms with Crippen LogP contribution in [0.15, 0.2) is 24.3 Å². The normalized spacial score (nSPS) is 15.5. The molecule has 120 valence electrons. The molecule has 0 radical (unpaired) electrons. The summed E-state index contributed by atoms with van der Waals surface area (Å²) in [6, 6.07) is 7.47. The molecule has 1 aromatic rings. The Labute approximate surface area is 131 Å². The molecule has 0 aromatic heterocycles. The average molecular weight is 305 g/mol. The lowest BCUT2D eigenvalue weighted by molar-refractivity contribution is -0.137. The number of piperazine rings is 1. The molecular weight excluding hydrogens is 282 g/mol. The molecule has 0 saturated carbocycles. The third kappa shape index (κ3) is 4.73. The van der Waals surface area contributed by atoms with Gasteiger partial charge in [0.05, 0.1) is 7.11 Å². The number of benzene rings is 1. The van der Waals surface area contributed by atoms with Crippen LogP contribution in [0.25, 0.3) is 0 Å².